The van der Waals surface area contributed by atoms with E-state index in [1.165, 1.54) is 12.1 Å². The van der Waals surface area contributed by atoms with E-state index in [2.05, 4.69) is 10.3 Å². The smallest absolute Gasteiger partial charge is 0.268 e. The average Bonchev–Trinajstić information content (AvgIpc) is 2.98. The predicted octanol–water partition coefficient (Wildman–Crippen LogP) is 3.72. The van der Waals surface area contributed by atoms with Crippen molar-refractivity contribution in [3.63, 3.8) is 0 Å². The molecule has 0 aliphatic heterocycles. The van der Waals surface area contributed by atoms with Gasteiger partial charge in [0.05, 0.1) is 11.7 Å². The molecule has 0 saturated heterocycles. The van der Waals surface area contributed by atoms with Crippen LogP contribution in [0.3, 0.4) is 0 Å². The van der Waals surface area contributed by atoms with E-state index >= 15 is 0 Å². The normalized spacial score (nSPS) is 12.0. The molecule has 24 heavy (non-hydrogen) atoms. The number of hydrogen-bond donors (Lipinski definition) is 1. The Morgan fingerprint density at radius 2 is 1.92 bits per heavy atom. The molecule has 2 heterocycles. The van der Waals surface area contributed by atoms with Crippen molar-refractivity contribution >= 4 is 5.91 Å². The molecule has 0 aliphatic rings. The minimum absolute atomic E-state index is 0.177. The highest BCUT2D eigenvalue weighted by Gasteiger charge is 2.16. The molecule has 122 valence electrons. The number of hydrogen-bond acceptors (Lipinski definition) is 2. The molecule has 0 fully saturated rings. The van der Waals surface area contributed by atoms with Crippen molar-refractivity contribution in [3.8, 4) is 11.1 Å². The number of carbonyl (C=O) groups excluding carboxylic acids is 1. The largest absolute Gasteiger partial charge is 0.346 e. The third-order valence-electron chi connectivity index (χ3n) is 3.89. The highest BCUT2D eigenvalue weighted by Crippen LogP contribution is 2.22. The summed E-state index contributed by atoms with van der Waals surface area (Å²) in [6, 6.07) is 13.4. The van der Waals surface area contributed by atoms with E-state index in [0.29, 0.717) is 5.69 Å². The van der Waals surface area contributed by atoms with E-state index in [-0.39, 0.29) is 17.8 Å². The maximum absolute atomic E-state index is 13.0. The average molecular weight is 323 g/mol. The Balaban J connectivity index is 1.79. The van der Waals surface area contributed by atoms with Crippen LogP contribution in [0.2, 0.25) is 0 Å². The second kappa shape index (κ2) is 6.66. The number of rotatable bonds is 4. The van der Waals surface area contributed by atoms with Crippen LogP contribution in [-0.4, -0.2) is 15.5 Å². The first-order chi connectivity index (χ1) is 11.5. The fourth-order valence-corrected chi connectivity index (χ4v) is 2.57. The summed E-state index contributed by atoms with van der Waals surface area (Å²) in [5, 5.41) is 2.94. The predicted molar refractivity (Wildman–Crippen MR) is 90.9 cm³/mol. The zero-order valence-electron chi connectivity index (χ0n) is 13.5. The van der Waals surface area contributed by atoms with Gasteiger partial charge in [-0.3, -0.25) is 9.78 Å². The molecule has 3 aromatic rings. The molecule has 0 unspecified atom stereocenters. The molecule has 0 spiro atoms. The van der Waals surface area contributed by atoms with E-state index in [0.717, 1.165) is 16.8 Å². The standard InChI is InChI=1S/C19H18FN3O/c1-13(17-5-3-4-10-21-17)22-19(24)18-11-15(12-23(18)2)14-6-8-16(20)9-7-14/h3-13H,1-2H3,(H,22,24)/t13-/m1/s1. The van der Waals surface area contributed by atoms with Crippen LogP contribution in [0, 0.1) is 5.82 Å². The van der Waals surface area contributed by atoms with E-state index < -0.39 is 0 Å². The van der Waals surface area contributed by atoms with Crippen molar-refractivity contribution in [2.45, 2.75) is 13.0 Å². The lowest BCUT2D eigenvalue weighted by Crippen LogP contribution is -2.28. The van der Waals surface area contributed by atoms with Gasteiger partial charge in [-0.1, -0.05) is 18.2 Å². The van der Waals surface area contributed by atoms with E-state index in [1.54, 1.807) is 29.0 Å². The van der Waals surface area contributed by atoms with Gasteiger partial charge in [0.2, 0.25) is 0 Å². The Bertz CT molecular complexity index is 841. The quantitative estimate of drug-likeness (QED) is 0.795. The highest BCUT2D eigenvalue weighted by molar-refractivity contribution is 5.94. The SMILES string of the molecule is C[C@@H](NC(=O)c1cc(-c2ccc(F)cc2)cn1C)c1ccccn1. The minimum Gasteiger partial charge on any atom is -0.346 e. The number of carbonyl (C=O) groups is 1. The molecule has 2 aromatic heterocycles. The Labute approximate surface area is 140 Å². The first-order valence-corrected chi connectivity index (χ1v) is 7.68. The molecular formula is C19H18FN3O. The molecule has 3 rings (SSSR count). The third kappa shape index (κ3) is 3.35. The van der Waals surface area contributed by atoms with Gasteiger partial charge in [-0.05, 0) is 42.8 Å². The van der Waals surface area contributed by atoms with Crippen molar-refractivity contribution in [1.82, 2.24) is 14.9 Å². The summed E-state index contributed by atoms with van der Waals surface area (Å²) in [6.45, 7) is 1.89. The summed E-state index contributed by atoms with van der Waals surface area (Å²) in [7, 11) is 1.81. The highest BCUT2D eigenvalue weighted by atomic mass is 19.1. The molecular weight excluding hydrogens is 305 g/mol. The van der Waals surface area contributed by atoms with Crippen LogP contribution >= 0.6 is 0 Å². The fraction of sp³-hybridized carbons (Fsp3) is 0.158. The van der Waals surface area contributed by atoms with Gasteiger partial charge in [0.15, 0.2) is 0 Å². The lowest BCUT2D eigenvalue weighted by molar-refractivity contribution is 0.0931. The number of amides is 1. The molecule has 0 bridgehead atoms. The lowest BCUT2D eigenvalue weighted by Gasteiger charge is -2.13. The molecule has 0 saturated carbocycles. The third-order valence-corrected chi connectivity index (χ3v) is 3.89. The molecule has 1 N–H and O–H groups in total. The van der Waals surface area contributed by atoms with Gasteiger partial charge in [0.1, 0.15) is 11.5 Å². The number of benzene rings is 1. The number of halogens is 1. The summed E-state index contributed by atoms with van der Waals surface area (Å²) in [5.74, 6) is -0.458. The summed E-state index contributed by atoms with van der Waals surface area (Å²) in [4.78, 5) is 16.8. The lowest BCUT2D eigenvalue weighted by atomic mass is 10.1. The van der Waals surface area contributed by atoms with Crippen LogP contribution in [0.4, 0.5) is 4.39 Å². The summed E-state index contributed by atoms with van der Waals surface area (Å²) >= 11 is 0. The molecule has 1 aromatic carbocycles. The van der Waals surface area contributed by atoms with E-state index in [9.17, 15) is 9.18 Å². The second-order valence-electron chi connectivity index (χ2n) is 5.68. The van der Waals surface area contributed by atoms with Gasteiger partial charge < -0.3 is 9.88 Å². The second-order valence-corrected chi connectivity index (χ2v) is 5.68. The van der Waals surface area contributed by atoms with Crippen molar-refractivity contribution < 1.29 is 9.18 Å². The monoisotopic (exact) mass is 323 g/mol. The Morgan fingerprint density at radius 1 is 1.17 bits per heavy atom. The summed E-state index contributed by atoms with van der Waals surface area (Å²) < 4.78 is 14.8. The minimum atomic E-state index is -0.281. The van der Waals surface area contributed by atoms with Crippen LogP contribution < -0.4 is 5.32 Å². The van der Waals surface area contributed by atoms with Crippen LogP contribution in [0.5, 0.6) is 0 Å². The number of nitrogens with zero attached hydrogens (tertiary/aromatic N) is 2. The topological polar surface area (TPSA) is 46.9 Å². The number of aromatic nitrogens is 2. The molecule has 5 heteroatoms. The van der Waals surface area contributed by atoms with Gasteiger partial charge in [-0.25, -0.2) is 4.39 Å². The molecule has 1 amide bonds. The van der Waals surface area contributed by atoms with Crippen LogP contribution in [0.15, 0.2) is 60.9 Å². The van der Waals surface area contributed by atoms with Crippen LogP contribution in [0.25, 0.3) is 11.1 Å². The maximum Gasteiger partial charge on any atom is 0.268 e. The Morgan fingerprint density at radius 3 is 2.58 bits per heavy atom. The van der Waals surface area contributed by atoms with Gasteiger partial charge in [-0.2, -0.15) is 0 Å². The zero-order chi connectivity index (χ0) is 17.1. The summed E-state index contributed by atoms with van der Waals surface area (Å²) in [5.41, 5.74) is 3.08. The molecule has 1 atom stereocenters. The van der Waals surface area contributed by atoms with Crippen LogP contribution in [-0.2, 0) is 7.05 Å². The first kappa shape index (κ1) is 15.9. The van der Waals surface area contributed by atoms with Crippen molar-refractivity contribution in [2.24, 2.45) is 7.05 Å². The van der Waals surface area contributed by atoms with E-state index in [4.69, 9.17) is 0 Å². The first-order valence-electron chi connectivity index (χ1n) is 7.68. The Hall–Kier alpha value is -2.95. The van der Waals surface area contributed by atoms with Crippen molar-refractivity contribution in [2.75, 3.05) is 0 Å². The van der Waals surface area contributed by atoms with Crippen LogP contribution in [0.1, 0.15) is 29.1 Å². The number of aryl methyl sites for hydroxylation is 1. The molecule has 0 radical (unpaired) electrons. The number of pyridine rings is 1. The number of nitrogens with one attached hydrogen (secondary N) is 1. The fourth-order valence-electron chi connectivity index (χ4n) is 2.57. The van der Waals surface area contributed by atoms with Crippen molar-refractivity contribution in [3.05, 3.63) is 78.1 Å². The van der Waals surface area contributed by atoms with Gasteiger partial charge in [-0.15, -0.1) is 0 Å². The zero-order valence-corrected chi connectivity index (χ0v) is 13.5. The van der Waals surface area contributed by atoms with Gasteiger partial charge in [0.25, 0.3) is 5.91 Å². The van der Waals surface area contributed by atoms with Crippen molar-refractivity contribution in [1.29, 1.82) is 0 Å². The summed E-state index contributed by atoms with van der Waals surface area (Å²) in [6.07, 6.45) is 3.56. The van der Waals surface area contributed by atoms with E-state index in [1.807, 2.05) is 38.4 Å². The molecule has 0 aliphatic carbocycles. The maximum atomic E-state index is 13.0. The Kier molecular flexibility index (Phi) is 4.42. The van der Waals surface area contributed by atoms with Gasteiger partial charge >= 0.3 is 0 Å². The molecule has 4 nitrogen and oxygen atoms in total. The van der Waals surface area contributed by atoms with Gasteiger partial charge in [0, 0.05) is 25.0 Å².